The molecule has 9 atom stereocenters. The molecular formula is C51H66O5. The summed E-state index contributed by atoms with van der Waals surface area (Å²) >= 11 is 0. The summed E-state index contributed by atoms with van der Waals surface area (Å²) in [5.74, 6) is 1.22. The molecule has 4 saturated carbocycles. The second-order valence-electron chi connectivity index (χ2n) is 19.6. The Morgan fingerprint density at radius 1 is 0.714 bits per heavy atom. The highest BCUT2D eigenvalue weighted by Crippen LogP contribution is 2.77. The van der Waals surface area contributed by atoms with Crippen molar-refractivity contribution in [2.45, 2.75) is 105 Å². The van der Waals surface area contributed by atoms with Gasteiger partial charge in [0.25, 0.3) is 0 Å². The van der Waals surface area contributed by atoms with E-state index in [1.165, 1.54) is 19.8 Å². The van der Waals surface area contributed by atoms with Crippen molar-refractivity contribution in [1.29, 1.82) is 0 Å². The van der Waals surface area contributed by atoms with Crippen molar-refractivity contribution in [3.05, 3.63) is 120 Å². The molecule has 7 rings (SSSR count). The Bertz CT molecular complexity index is 1790. The van der Waals surface area contributed by atoms with Crippen LogP contribution in [0.4, 0.5) is 0 Å². The highest BCUT2D eigenvalue weighted by molar-refractivity contribution is 5.77. The maximum absolute atomic E-state index is 13.4. The Balaban J connectivity index is 1.30. The molecule has 3 aromatic carbocycles. The number of hydrogen-bond donors (Lipinski definition) is 0. The molecule has 0 N–H and O–H groups in total. The maximum Gasteiger partial charge on any atom is 0.311 e. The first-order valence-corrected chi connectivity index (χ1v) is 21.3. The van der Waals surface area contributed by atoms with E-state index < -0.39 is 16.4 Å². The van der Waals surface area contributed by atoms with Gasteiger partial charge in [-0.1, -0.05) is 124 Å². The smallest absolute Gasteiger partial charge is 0.311 e. The Morgan fingerprint density at radius 2 is 1.27 bits per heavy atom. The van der Waals surface area contributed by atoms with Gasteiger partial charge in [-0.3, -0.25) is 9.59 Å². The standard InChI is InChI=1S/C51H66O5/c1-35(2)39-27-30-50(34-56-51(36-19-13-10-14-20-36,37-21-15-11-16-22-37)38-23-17-12-18-24-38)32-31-48(6)40(44(39)50)25-26-42-47(5,33-43(52)54-8)41(28-29-49(42,48)7)46(3,4)45(53)55-9/h10-24,39-42,44H,1,25-34H2,2-9H3/t39-,40+,41-,42+,44+,47-,48+,49+,50+/m0/s1. The lowest BCUT2D eigenvalue weighted by Crippen LogP contribution is -2.66. The van der Waals surface area contributed by atoms with Crippen LogP contribution < -0.4 is 0 Å². The monoisotopic (exact) mass is 758 g/mol. The van der Waals surface area contributed by atoms with Crippen LogP contribution >= 0.6 is 0 Å². The highest BCUT2D eigenvalue weighted by atomic mass is 16.5. The van der Waals surface area contributed by atoms with E-state index >= 15 is 0 Å². The lowest BCUT2D eigenvalue weighted by molar-refractivity contribution is -0.237. The fourth-order valence-corrected chi connectivity index (χ4v) is 14.1. The van der Waals surface area contributed by atoms with E-state index in [1.54, 1.807) is 0 Å². The molecule has 0 saturated heterocycles. The summed E-state index contributed by atoms with van der Waals surface area (Å²) in [6, 6.07) is 32.4. The van der Waals surface area contributed by atoms with E-state index in [0.29, 0.717) is 30.8 Å². The van der Waals surface area contributed by atoms with Gasteiger partial charge in [0, 0.05) is 0 Å². The largest absolute Gasteiger partial charge is 0.469 e. The van der Waals surface area contributed by atoms with Crippen LogP contribution in [0.5, 0.6) is 0 Å². The van der Waals surface area contributed by atoms with Gasteiger partial charge in [-0.15, -0.1) is 0 Å². The van der Waals surface area contributed by atoms with E-state index in [0.717, 1.165) is 68.1 Å². The van der Waals surface area contributed by atoms with Crippen LogP contribution in [-0.2, 0) is 29.4 Å². The second-order valence-corrected chi connectivity index (χ2v) is 19.6. The number of carbonyl (C=O) groups is 2. The molecular weight excluding hydrogens is 693 g/mol. The van der Waals surface area contributed by atoms with E-state index in [-0.39, 0.29) is 40.0 Å². The van der Waals surface area contributed by atoms with Crippen LogP contribution in [0.25, 0.3) is 0 Å². The molecule has 3 aromatic rings. The van der Waals surface area contributed by atoms with Crippen molar-refractivity contribution in [3.63, 3.8) is 0 Å². The Labute approximate surface area is 337 Å². The first-order chi connectivity index (χ1) is 26.6. The van der Waals surface area contributed by atoms with Crippen LogP contribution in [-0.4, -0.2) is 32.8 Å². The van der Waals surface area contributed by atoms with E-state index in [2.05, 4.69) is 125 Å². The zero-order valence-electron chi connectivity index (χ0n) is 35.4. The number of benzene rings is 3. The van der Waals surface area contributed by atoms with E-state index in [1.807, 2.05) is 13.8 Å². The van der Waals surface area contributed by atoms with Gasteiger partial charge in [0.05, 0.1) is 32.7 Å². The number of allylic oxidation sites excluding steroid dienone is 1. The predicted octanol–water partition coefficient (Wildman–Crippen LogP) is 11.6. The number of rotatable bonds is 11. The Kier molecular flexibility index (Phi) is 10.8. The van der Waals surface area contributed by atoms with Crippen molar-refractivity contribution in [1.82, 2.24) is 0 Å². The first kappa shape index (κ1) is 40.5. The van der Waals surface area contributed by atoms with Crippen LogP contribution in [0.3, 0.4) is 0 Å². The van der Waals surface area contributed by atoms with Crippen LogP contribution in [0.15, 0.2) is 103 Å². The number of ether oxygens (including phenoxy) is 3. The summed E-state index contributed by atoms with van der Waals surface area (Å²) in [5, 5.41) is 0. The molecule has 5 heteroatoms. The third kappa shape index (κ3) is 6.12. The minimum Gasteiger partial charge on any atom is -0.469 e. The third-order valence-electron chi connectivity index (χ3n) is 17.0. The summed E-state index contributed by atoms with van der Waals surface area (Å²) < 4.78 is 18.6. The number of methoxy groups -OCH3 is 2. The van der Waals surface area contributed by atoms with Crippen molar-refractivity contribution in [2.75, 3.05) is 20.8 Å². The van der Waals surface area contributed by atoms with Gasteiger partial charge in [-0.2, -0.15) is 0 Å². The number of esters is 2. The van der Waals surface area contributed by atoms with Crippen molar-refractivity contribution < 1.29 is 23.8 Å². The fourth-order valence-electron chi connectivity index (χ4n) is 14.1. The van der Waals surface area contributed by atoms with E-state index in [4.69, 9.17) is 14.2 Å². The van der Waals surface area contributed by atoms with Gasteiger partial charge in [-0.05, 0) is 140 Å². The van der Waals surface area contributed by atoms with Crippen molar-refractivity contribution >= 4 is 11.9 Å². The zero-order valence-corrected chi connectivity index (χ0v) is 35.4. The molecule has 0 aliphatic heterocycles. The molecule has 4 fully saturated rings. The molecule has 0 heterocycles. The lowest BCUT2D eigenvalue weighted by atomic mass is 9.33. The normalized spacial score (nSPS) is 34.0. The molecule has 0 unspecified atom stereocenters. The number of carbonyl (C=O) groups excluding carboxylic acids is 2. The maximum atomic E-state index is 13.4. The van der Waals surface area contributed by atoms with Gasteiger partial charge in [0.15, 0.2) is 0 Å². The van der Waals surface area contributed by atoms with Crippen LogP contribution in [0.1, 0.15) is 116 Å². The molecule has 300 valence electrons. The topological polar surface area (TPSA) is 61.8 Å². The highest BCUT2D eigenvalue weighted by Gasteiger charge is 2.71. The second kappa shape index (κ2) is 14.9. The fraction of sp³-hybridized carbons (Fsp3) is 0.569. The predicted molar refractivity (Wildman–Crippen MR) is 224 cm³/mol. The Morgan fingerprint density at radius 3 is 1.77 bits per heavy atom. The summed E-state index contributed by atoms with van der Waals surface area (Å²) in [4.78, 5) is 26.8. The van der Waals surface area contributed by atoms with Gasteiger partial charge in [-0.25, -0.2) is 0 Å². The lowest BCUT2D eigenvalue weighted by Gasteiger charge is -2.71. The van der Waals surface area contributed by atoms with Crippen molar-refractivity contribution in [3.8, 4) is 0 Å². The SMILES string of the molecule is C=C(C)[C@@H]1CC[C@]2(COC(c3ccccc3)(c3ccccc3)c3ccccc3)CC[C@]3(C)[C@H](CC[C@@H]4[C@@](C)(CC(=O)OC)[C@H](C(C)(C)C(=O)OC)CC[C@]43C)[C@@H]12. The molecule has 4 aliphatic rings. The molecule has 0 spiro atoms. The quantitative estimate of drug-likeness (QED) is 0.111. The van der Waals surface area contributed by atoms with Crippen molar-refractivity contribution in [2.24, 2.45) is 56.7 Å². The summed E-state index contributed by atoms with van der Waals surface area (Å²) in [7, 11) is 2.98. The van der Waals surface area contributed by atoms with Gasteiger partial charge < -0.3 is 14.2 Å². The minimum atomic E-state index is -0.769. The van der Waals surface area contributed by atoms with Crippen LogP contribution in [0.2, 0.25) is 0 Å². The molecule has 5 nitrogen and oxygen atoms in total. The van der Waals surface area contributed by atoms with Gasteiger partial charge >= 0.3 is 11.9 Å². The molecule has 0 aromatic heterocycles. The summed E-state index contributed by atoms with van der Waals surface area (Å²) in [6.45, 7) is 19.1. The molecule has 0 radical (unpaired) electrons. The molecule has 56 heavy (non-hydrogen) atoms. The third-order valence-corrected chi connectivity index (χ3v) is 17.0. The summed E-state index contributed by atoms with van der Waals surface area (Å²) in [6.07, 6.45) is 8.81. The summed E-state index contributed by atoms with van der Waals surface area (Å²) in [5.41, 5.74) is 2.82. The first-order valence-electron chi connectivity index (χ1n) is 21.3. The van der Waals surface area contributed by atoms with Crippen LogP contribution in [0, 0.1) is 56.7 Å². The van der Waals surface area contributed by atoms with Gasteiger partial charge in [0.1, 0.15) is 5.60 Å². The average molecular weight is 759 g/mol. The van der Waals surface area contributed by atoms with Gasteiger partial charge in [0.2, 0.25) is 0 Å². The number of fused-ring (bicyclic) bond motifs is 5. The molecule has 4 aliphatic carbocycles. The minimum absolute atomic E-state index is 0.0000219. The zero-order chi connectivity index (χ0) is 40.1. The average Bonchev–Trinajstić information content (AvgIpc) is 3.59. The Hall–Kier alpha value is -3.70. The molecule has 0 amide bonds. The number of hydrogen-bond acceptors (Lipinski definition) is 5. The van der Waals surface area contributed by atoms with E-state index in [9.17, 15) is 9.59 Å². The molecule has 0 bridgehead atoms.